The average molecular weight is 252 g/mol. The first-order valence-electron chi connectivity index (χ1n) is 5.40. The molecule has 94 valence electrons. The van der Waals surface area contributed by atoms with Crippen molar-refractivity contribution in [3.05, 3.63) is 65.0 Å². The molecular weight excluding hydrogens is 241 g/mol. The van der Waals surface area contributed by atoms with Crippen LogP contribution >= 0.6 is 0 Å². The van der Waals surface area contributed by atoms with E-state index in [1.165, 1.54) is 30.3 Å². The Bertz CT molecular complexity index is 567. The average Bonchev–Trinajstić information content (AvgIpc) is 2.35. The minimum absolute atomic E-state index is 0.103. The Morgan fingerprint density at radius 1 is 1.00 bits per heavy atom. The Labute approximate surface area is 103 Å². The van der Waals surface area contributed by atoms with E-state index >= 15 is 0 Å². The highest BCUT2D eigenvalue weighted by atomic mass is 19.2. The van der Waals surface area contributed by atoms with Crippen LogP contribution in [-0.4, -0.2) is 0 Å². The molecule has 0 heterocycles. The number of hydrogen-bond acceptors (Lipinski definition) is 1. The topological polar surface area (TPSA) is 9.23 Å². The third-order valence-corrected chi connectivity index (χ3v) is 2.56. The zero-order valence-corrected chi connectivity index (χ0v) is 9.71. The molecular formula is C14H11F3O. The predicted octanol–water partition coefficient (Wildman–Crippen LogP) is 3.99. The van der Waals surface area contributed by atoms with Gasteiger partial charge >= 0.3 is 0 Å². The molecule has 2 aromatic carbocycles. The summed E-state index contributed by atoms with van der Waals surface area (Å²) in [6, 6.07) is 8.11. The van der Waals surface area contributed by atoms with Gasteiger partial charge in [-0.1, -0.05) is 12.1 Å². The summed E-state index contributed by atoms with van der Waals surface area (Å²) in [5.74, 6) is -1.75. The Morgan fingerprint density at radius 3 is 2.50 bits per heavy atom. The van der Waals surface area contributed by atoms with E-state index in [0.717, 1.165) is 6.07 Å². The van der Waals surface area contributed by atoms with Crippen LogP contribution in [0.4, 0.5) is 13.2 Å². The maximum absolute atomic E-state index is 13.3. The zero-order valence-electron chi connectivity index (χ0n) is 9.71. The number of hydrogen-bond donors (Lipinski definition) is 0. The zero-order chi connectivity index (χ0) is 13.1. The molecule has 0 saturated heterocycles. The molecule has 0 spiro atoms. The number of rotatable bonds is 3. The van der Waals surface area contributed by atoms with Gasteiger partial charge in [-0.2, -0.15) is 0 Å². The maximum Gasteiger partial charge on any atom is 0.165 e. The van der Waals surface area contributed by atoms with Gasteiger partial charge in [0, 0.05) is 5.56 Å². The maximum atomic E-state index is 13.3. The number of ether oxygens (including phenoxy) is 1. The van der Waals surface area contributed by atoms with Gasteiger partial charge in [0.15, 0.2) is 11.6 Å². The molecule has 0 saturated carbocycles. The minimum atomic E-state index is -0.920. The van der Waals surface area contributed by atoms with Crippen molar-refractivity contribution >= 4 is 0 Å². The van der Waals surface area contributed by atoms with Crippen LogP contribution in [0.1, 0.15) is 11.1 Å². The van der Waals surface area contributed by atoms with Crippen molar-refractivity contribution in [1.29, 1.82) is 0 Å². The molecule has 18 heavy (non-hydrogen) atoms. The molecule has 0 N–H and O–H groups in total. The molecule has 0 radical (unpaired) electrons. The van der Waals surface area contributed by atoms with Gasteiger partial charge in [-0.05, 0) is 36.8 Å². The van der Waals surface area contributed by atoms with Crippen LogP contribution < -0.4 is 4.74 Å². The molecule has 0 bridgehead atoms. The third-order valence-electron chi connectivity index (χ3n) is 2.56. The Morgan fingerprint density at radius 2 is 1.78 bits per heavy atom. The van der Waals surface area contributed by atoms with Crippen molar-refractivity contribution in [2.45, 2.75) is 13.5 Å². The van der Waals surface area contributed by atoms with E-state index in [4.69, 9.17) is 4.74 Å². The van der Waals surface area contributed by atoms with Crippen molar-refractivity contribution in [2.75, 3.05) is 0 Å². The Hall–Kier alpha value is -1.97. The standard InChI is InChI=1S/C14H11F3O/c1-9-7-11(5-6-12(9)15)18-8-10-3-2-4-13(16)14(10)17/h2-7H,8H2,1H3. The first-order chi connectivity index (χ1) is 8.58. The van der Waals surface area contributed by atoms with Crippen LogP contribution in [0.3, 0.4) is 0 Å². The molecule has 0 aliphatic rings. The lowest BCUT2D eigenvalue weighted by Crippen LogP contribution is -2.00. The summed E-state index contributed by atoms with van der Waals surface area (Å²) in [5.41, 5.74) is 0.559. The number of benzene rings is 2. The fourth-order valence-electron chi connectivity index (χ4n) is 1.53. The first-order valence-corrected chi connectivity index (χ1v) is 5.40. The van der Waals surface area contributed by atoms with E-state index in [9.17, 15) is 13.2 Å². The van der Waals surface area contributed by atoms with Crippen LogP contribution in [0.2, 0.25) is 0 Å². The molecule has 0 aliphatic heterocycles. The lowest BCUT2D eigenvalue weighted by Gasteiger charge is -2.08. The molecule has 4 heteroatoms. The summed E-state index contributed by atoms with van der Waals surface area (Å²) in [4.78, 5) is 0. The minimum Gasteiger partial charge on any atom is -0.489 e. The first kappa shape index (κ1) is 12.5. The van der Waals surface area contributed by atoms with Crippen molar-refractivity contribution < 1.29 is 17.9 Å². The van der Waals surface area contributed by atoms with E-state index < -0.39 is 11.6 Å². The van der Waals surface area contributed by atoms with Gasteiger partial charge < -0.3 is 4.74 Å². The molecule has 0 atom stereocenters. The smallest absolute Gasteiger partial charge is 0.165 e. The highest BCUT2D eigenvalue weighted by Gasteiger charge is 2.08. The molecule has 0 aromatic heterocycles. The van der Waals surface area contributed by atoms with Crippen LogP contribution in [0.15, 0.2) is 36.4 Å². The summed E-state index contributed by atoms with van der Waals surface area (Å²) in [7, 11) is 0. The fourth-order valence-corrected chi connectivity index (χ4v) is 1.53. The molecule has 1 nitrogen and oxygen atoms in total. The van der Waals surface area contributed by atoms with Gasteiger partial charge in [-0.3, -0.25) is 0 Å². The van der Waals surface area contributed by atoms with Gasteiger partial charge in [0.25, 0.3) is 0 Å². The monoisotopic (exact) mass is 252 g/mol. The van der Waals surface area contributed by atoms with Crippen LogP contribution in [0, 0.1) is 24.4 Å². The SMILES string of the molecule is Cc1cc(OCc2cccc(F)c2F)ccc1F. The second kappa shape index (κ2) is 5.12. The van der Waals surface area contributed by atoms with E-state index in [0.29, 0.717) is 11.3 Å². The lowest BCUT2D eigenvalue weighted by molar-refractivity contribution is 0.296. The molecule has 2 rings (SSSR count). The van der Waals surface area contributed by atoms with Gasteiger partial charge in [-0.15, -0.1) is 0 Å². The van der Waals surface area contributed by atoms with Crippen molar-refractivity contribution in [1.82, 2.24) is 0 Å². The second-order valence-corrected chi connectivity index (χ2v) is 3.91. The molecule has 0 fully saturated rings. The van der Waals surface area contributed by atoms with Gasteiger partial charge in [-0.25, -0.2) is 13.2 Å². The Balaban J connectivity index is 2.11. The van der Waals surface area contributed by atoms with E-state index in [1.807, 2.05) is 0 Å². The van der Waals surface area contributed by atoms with Crippen molar-refractivity contribution in [3.8, 4) is 5.75 Å². The normalized spacial score (nSPS) is 10.4. The molecule has 2 aromatic rings. The molecule has 0 amide bonds. The Kier molecular flexibility index (Phi) is 3.55. The summed E-state index contributed by atoms with van der Waals surface area (Å²) < 4.78 is 44.6. The van der Waals surface area contributed by atoms with Crippen molar-refractivity contribution in [2.24, 2.45) is 0 Å². The third kappa shape index (κ3) is 2.64. The highest BCUT2D eigenvalue weighted by molar-refractivity contribution is 5.29. The van der Waals surface area contributed by atoms with Crippen molar-refractivity contribution in [3.63, 3.8) is 0 Å². The van der Waals surface area contributed by atoms with E-state index in [-0.39, 0.29) is 18.0 Å². The highest BCUT2D eigenvalue weighted by Crippen LogP contribution is 2.18. The van der Waals surface area contributed by atoms with Crippen LogP contribution in [-0.2, 0) is 6.61 Å². The summed E-state index contributed by atoms with van der Waals surface area (Å²) >= 11 is 0. The second-order valence-electron chi connectivity index (χ2n) is 3.91. The van der Waals surface area contributed by atoms with E-state index in [2.05, 4.69) is 0 Å². The molecule has 0 aliphatic carbocycles. The van der Waals surface area contributed by atoms with Gasteiger partial charge in [0.2, 0.25) is 0 Å². The number of halogens is 3. The molecule has 0 unspecified atom stereocenters. The van der Waals surface area contributed by atoms with Gasteiger partial charge in [0.05, 0.1) is 0 Å². The van der Waals surface area contributed by atoms with Gasteiger partial charge in [0.1, 0.15) is 18.2 Å². The summed E-state index contributed by atoms with van der Waals surface area (Å²) in [6.07, 6.45) is 0. The lowest BCUT2D eigenvalue weighted by atomic mass is 10.2. The van der Waals surface area contributed by atoms with E-state index in [1.54, 1.807) is 6.92 Å². The number of aryl methyl sites for hydroxylation is 1. The summed E-state index contributed by atoms with van der Waals surface area (Å²) in [6.45, 7) is 1.50. The predicted molar refractivity (Wildman–Crippen MR) is 61.8 cm³/mol. The van der Waals surface area contributed by atoms with Crippen LogP contribution in [0.25, 0.3) is 0 Å². The summed E-state index contributed by atoms with van der Waals surface area (Å²) in [5, 5.41) is 0. The fraction of sp³-hybridized carbons (Fsp3) is 0.143. The van der Waals surface area contributed by atoms with Crippen LogP contribution in [0.5, 0.6) is 5.75 Å². The largest absolute Gasteiger partial charge is 0.489 e. The quantitative estimate of drug-likeness (QED) is 0.802.